The number of aromatic nitrogens is 2. The Labute approximate surface area is 157 Å². The second-order valence-electron chi connectivity index (χ2n) is 6.77. The van der Waals surface area contributed by atoms with E-state index in [0.29, 0.717) is 18.6 Å². The van der Waals surface area contributed by atoms with E-state index >= 15 is 0 Å². The van der Waals surface area contributed by atoms with Crippen LogP contribution in [0.2, 0.25) is 0 Å². The molecule has 27 heavy (non-hydrogen) atoms. The van der Waals surface area contributed by atoms with E-state index in [0.717, 1.165) is 23.1 Å². The van der Waals surface area contributed by atoms with Crippen LogP contribution in [0.4, 0.5) is 5.69 Å². The van der Waals surface area contributed by atoms with Crippen molar-refractivity contribution in [1.82, 2.24) is 14.1 Å². The third-order valence-electron chi connectivity index (χ3n) is 4.89. The van der Waals surface area contributed by atoms with Crippen molar-refractivity contribution in [2.75, 3.05) is 25.5 Å². The molecule has 0 radical (unpaired) electrons. The number of hydrogen-bond donors (Lipinski definition) is 0. The van der Waals surface area contributed by atoms with Crippen molar-refractivity contribution in [2.45, 2.75) is 18.0 Å². The first-order valence-electron chi connectivity index (χ1n) is 8.63. The van der Waals surface area contributed by atoms with Gasteiger partial charge in [0.15, 0.2) is 0 Å². The fourth-order valence-corrected chi connectivity index (χ4v) is 4.31. The van der Waals surface area contributed by atoms with Gasteiger partial charge in [-0.25, -0.2) is 17.4 Å². The van der Waals surface area contributed by atoms with Crippen LogP contribution in [0.15, 0.2) is 58.4 Å². The van der Waals surface area contributed by atoms with E-state index in [1.54, 1.807) is 24.4 Å². The van der Waals surface area contributed by atoms with Crippen molar-refractivity contribution < 1.29 is 8.42 Å². The Bertz CT molecular complexity index is 1190. The van der Waals surface area contributed by atoms with Crippen molar-refractivity contribution in [3.63, 3.8) is 0 Å². The maximum absolute atomic E-state index is 12.7. The van der Waals surface area contributed by atoms with Crippen molar-refractivity contribution in [3.05, 3.63) is 64.6 Å². The van der Waals surface area contributed by atoms with Crippen molar-refractivity contribution in [3.8, 4) is 0 Å². The predicted molar refractivity (Wildman–Crippen MR) is 104 cm³/mol. The maximum Gasteiger partial charge on any atom is 0.276 e. The number of nitrogens with zero attached hydrogens (tertiary/aromatic N) is 4. The minimum atomic E-state index is -3.46. The third kappa shape index (κ3) is 3.00. The largest absolute Gasteiger partial charge is 0.351 e. The van der Waals surface area contributed by atoms with Gasteiger partial charge in [0.1, 0.15) is 6.67 Å². The molecular weight excluding hydrogens is 364 g/mol. The number of hydrogen-bond acceptors (Lipinski definition) is 5. The SMILES string of the molecule is CN(C)S(=O)(=O)c1ccc2c(c1)CCN2Cn1ncc2ccccc2c1=O. The van der Waals surface area contributed by atoms with Gasteiger partial charge in [0.05, 0.1) is 16.5 Å². The normalized spacial score (nSPS) is 14.1. The van der Waals surface area contributed by atoms with Gasteiger partial charge in [-0.05, 0) is 36.2 Å². The molecule has 0 saturated carbocycles. The summed E-state index contributed by atoms with van der Waals surface area (Å²) in [6, 6.07) is 12.5. The lowest BCUT2D eigenvalue weighted by atomic mass is 10.2. The second-order valence-corrected chi connectivity index (χ2v) is 8.92. The molecule has 0 saturated heterocycles. The van der Waals surface area contributed by atoms with Crippen LogP contribution in [-0.2, 0) is 23.1 Å². The van der Waals surface area contributed by atoms with Gasteiger partial charge >= 0.3 is 0 Å². The molecule has 3 aromatic rings. The molecule has 1 aromatic heterocycles. The van der Waals surface area contributed by atoms with Gasteiger partial charge < -0.3 is 4.90 Å². The Kier molecular flexibility index (Phi) is 4.24. The van der Waals surface area contributed by atoms with E-state index in [2.05, 4.69) is 5.10 Å². The van der Waals surface area contributed by atoms with E-state index in [1.807, 2.05) is 29.2 Å². The maximum atomic E-state index is 12.7. The molecular formula is C19H20N4O3S. The molecule has 0 bridgehead atoms. The fraction of sp³-hybridized carbons (Fsp3) is 0.263. The molecule has 4 rings (SSSR count). The summed E-state index contributed by atoms with van der Waals surface area (Å²) < 4.78 is 27.3. The van der Waals surface area contributed by atoms with Crippen molar-refractivity contribution in [2.24, 2.45) is 0 Å². The molecule has 8 heteroatoms. The monoisotopic (exact) mass is 384 g/mol. The second kappa shape index (κ2) is 6.47. The zero-order valence-corrected chi connectivity index (χ0v) is 16.0. The minimum absolute atomic E-state index is 0.131. The van der Waals surface area contributed by atoms with Gasteiger partial charge in [-0.3, -0.25) is 4.79 Å². The molecule has 2 heterocycles. The lowest BCUT2D eigenvalue weighted by molar-refractivity contribution is 0.520. The number of benzene rings is 2. The highest BCUT2D eigenvalue weighted by atomic mass is 32.2. The van der Waals surface area contributed by atoms with Crippen LogP contribution in [-0.4, -0.2) is 43.1 Å². The lowest BCUT2D eigenvalue weighted by Crippen LogP contribution is -2.32. The first kappa shape index (κ1) is 17.7. The van der Waals surface area contributed by atoms with E-state index in [4.69, 9.17) is 0 Å². The van der Waals surface area contributed by atoms with Gasteiger partial charge in [-0.1, -0.05) is 18.2 Å². The Morgan fingerprint density at radius 2 is 1.93 bits per heavy atom. The lowest BCUT2D eigenvalue weighted by Gasteiger charge is -2.20. The van der Waals surface area contributed by atoms with Crippen LogP contribution in [0.25, 0.3) is 10.8 Å². The highest BCUT2D eigenvalue weighted by Gasteiger charge is 2.24. The standard InChI is InChI=1S/C19H20N4O3S/c1-21(2)27(25,26)16-7-8-18-14(11-16)9-10-22(18)13-23-19(24)17-6-4-3-5-15(17)12-20-23/h3-8,11-12H,9-10,13H2,1-2H3. The molecule has 0 N–H and O–H groups in total. The molecule has 0 atom stereocenters. The smallest absolute Gasteiger partial charge is 0.276 e. The summed E-state index contributed by atoms with van der Waals surface area (Å²) in [6.45, 7) is 1.04. The summed E-state index contributed by atoms with van der Waals surface area (Å²) in [4.78, 5) is 15.0. The van der Waals surface area contributed by atoms with Gasteiger partial charge in [0.25, 0.3) is 5.56 Å². The predicted octanol–water partition coefficient (Wildman–Crippen LogP) is 1.67. The molecule has 140 valence electrons. The van der Waals surface area contributed by atoms with Crippen LogP contribution >= 0.6 is 0 Å². The third-order valence-corrected chi connectivity index (χ3v) is 6.70. The summed E-state index contributed by atoms with van der Waals surface area (Å²) >= 11 is 0. The summed E-state index contributed by atoms with van der Waals surface area (Å²) in [5.74, 6) is 0. The molecule has 2 aromatic carbocycles. The summed E-state index contributed by atoms with van der Waals surface area (Å²) in [5, 5.41) is 5.74. The van der Waals surface area contributed by atoms with Crippen molar-refractivity contribution in [1.29, 1.82) is 0 Å². The average Bonchev–Trinajstić information content (AvgIpc) is 3.06. The van der Waals surface area contributed by atoms with E-state index < -0.39 is 10.0 Å². The van der Waals surface area contributed by atoms with E-state index in [1.165, 1.54) is 23.1 Å². The minimum Gasteiger partial charge on any atom is -0.351 e. The van der Waals surface area contributed by atoms with Crippen molar-refractivity contribution >= 4 is 26.5 Å². The molecule has 1 aliphatic rings. The van der Waals surface area contributed by atoms with Crippen LogP contribution in [0.1, 0.15) is 5.56 Å². The molecule has 0 amide bonds. The van der Waals surface area contributed by atoms with E-state index in [-0.39, 0.29) is 10.5 Å². The fourth-order valence-electron chi connectivity index (χ4n) is 3.35. The average molecular weight is 384 g/mol. The number of rotatable bonds is 4. The number of anilines is 1. The summed E-state index contributed by atoms with van der Waals surface area (Å²) in [7, 11) is -0.418. The Morgan fingerprint density at radius 1 is 1.15 bits per heavy atom. The molecule has 1 aliphatic heterocycles. The van der Waals surface area contributed by atoms with Crippen LogP contribution in [0, 0.1) is 0 Å². The van der Waals surface area contributed by atoms with Gasteiger partial charge in [0.2, 0.25) is 10.0 Å². The van der Waals surface area contributed by atoms with Crippen LogP contribution < -0.4 is 10.5 Å². The Hall–Kier alpha value is -2.71. The van der Waals surface area contributed by atoms with Gasteiger partial charge in [0, 0.05) is 31.7 Å². The van der Waals surface area contributed by atoms with Gasteiger partial charge in [-0.15, -0.1) is 0 Å². The van der Waals surface area contributed by atoms with Crippen LogP contribution in [0.5, 0.6) is 0 Å². The molecule has 0 unspecified atom stereocenters. The van der Waals surface area contributed by atoms with Gasteiger partial charge in [-0.2, -0.15) is 5.10 Å². The first-order chi connectivity index (χ1) is 12.9. The molecule has 0 fully saturated rings. The Balaban J connectivity index is 1.66. The zero-order chi connectivity index (χ0) is 19.2. The highest BCUT2D eigenvalue weighted by molar-refractivity contribution is 7.89. The van der Waals surface area contributed by atoms with Crippen LogP contribution in [0.3, 0.4) is 0 Å². The van der Waals surface area contributed by atoms with E-state index in [9.17, 15) is 13.2 Å². The molecule has 0 aliphatic carbocycles. The topological polar surface area (TPSA) is 75.5 Å². The summed E-state index contributed by atoms with van der Waals surface area (Å²) in [5.41, 5.74) is 1.77. The number of fused-ring (bicyclic) bond motifs is 2. The summed E-state index contributed by atoms with van der Waals surface area (Å²) in [6.07, 6.45) is 2.43. The first-order valence-corrected chi connectivity index (χ1v) is 10.1. The number of sulfonamides is 1. The highest BCUT2D eigenvalue weighted by Crippen LogP contribution is 2.31. The quantitative estimate of drug-likeness (QED) is 0.684. The molecule has 7 nitrogen and oxygen atoms in total. The molecule has 0 spiro atoms. The Morgan fingerprint density at radius 3 is 2.70 bits per heavy atom. The zero-order valence-electron chi connectivity index (χ0n) is 15.2.